The van der Waals surface area contributed by atoms with Gasteiger partial charge in [0.05, 0.1) is 26.4 Å². The molecule has 0 aliphatic rings. The molecule has 3 N–H and O–H groups in total. The van der Waals surface area contributed by atoms with Crippen molar-refractivity contribution in [2.45, 2.75) is 406 Å². The van der Waals surface area contributed by atoms with Crippen molar-refractivity contribution in [3.05, 3.63) is 0 Å². The molecular formula is C74H144O17P2. The molecule has 0 saturated heterocycles. The van der Waals surface area contributed by atoms with E-state index in [0.29, 0.717) is 25.7 Å². The topological polar surface area (TPSA) is 237 Å². The number of rotatable bonds is 74. The summed E-state index contributed by atoms with van der Waals surface area (Å²) in [7, 11) is -9.90. The summed E-state index contributed by atoms with van der Waals surface area (Å²) in [4.78, 5) is 72.6. The third-order valence-electron chi connectivity index (χ3n) is 17.3. The maximum Gasteiger partial charge on any atom is 0.472 e. The van der Waals surface area contributed by atoms with Gasteiger partial charge in [-0.3, -0.25) is 37.3 Å². The minimum absolute atomic E-state index is 0.107. The third kappa shape index (κ3) is 68.4. The van der Waals surface area contributed by atoms with Gasteiger partial charge in [0.15, 0.2) is 12.2 Å². The Morgan fingerprint density at radius 1 is 0.290 bits per heavy atom. The molecule has 0 aromatic rings. The van der Waals surface area contributed by atoms with E-state index >= 15 is 0 Å². The van der Waals surface area contributed by atoms with E-state index in [9.17, 15) is 43.2 Å². The summed E-state index contributed by atoms with van der Waals surface area (Å²) >= 11 is 0. The van der Waals surface area contributed by atoms with Crippen LogP contribution >= 0.6 is 15.6 Å². The lowest BCUT2D eigenvalue weighted by Gasteiger charge is -2.21. The van der Waals surface area contributed by atoms with Gasteiger partial charge in [0.25, 0.3) is 0 Å². The minimum Gasteiger partial charge on any atom is -0.462 e. The van der Waals surface area contributed by atoms with E-state index in [-0.39, 0.29) is 25.7 Å². The second-order valence-electron chi connectivity index (χ2n) is 27.2. The fourth-order valence-corrected chi connectivity index (χ4v) is 12.9. The lowest BCUT2D eigenvalue weighted by atomic mass is 10.0. The van der Waals surface area contributed by atoms with Gasteiger partial charge in [-0.1, -0.05) is 336 Å². The van der Waals surface area contributed by atoms with E-state index in [0.717, 1.165) is 102 Å². The van der Waals surface area contributed by atoms with Crippen LogP contribution in [0.2, 0.25) is 0 Å². The Balaban J connectivity index is 5.20. The Morgan fingerprint density at radius 3 is 0.731 bits per heavy atom. The van der Waals surface area contributed by atoms with Gasteiger partial charge in [0.2, 0.25) is 0 Å². The van der Waals surface area contributed by atoms with Crippen molar-refractivity contribution in [3.63, 3.8) is 0 Å². The molecule has 0 rings (SSSR count). The molecule has 5 atom stereocenters. The Labute approximate surface area is 568 Å². The quantitative estimate of drug-likeness (QED) is 0.0222. The van der Waals surface area contributed by atoms with Crippen LogP contribution in [0, 0.1) is 5.92 Å². The molecule has 0 saturated carbocycles. The molecule has 2 unspecified atom stereocenters. The van der Waals surface area contributed by atoms with Crippen LogP contribution in [0.3, 0.4) is 0 Å². The van der Waals surface area contributed by atoms with E-state index in [2.05, 4.69) is 34.6 Å². The van der Waals surface area contributed by atoms with E-state index in [1.807, 2.05) is 0 Å². The van der Waals surface area contributed by atoms with Gasteiger partial charge in [0.1, 0.15) is 19.3 Å². The van der Waals surface area contributed by atoms with E-state index in [4.69, 9.17) is 37.0 Å². The molecular weight excluding hydrogens is 1220 g/mol. The van der Waals surface area contributed by atoms with Gasteiger partial charge >= 0.3 is 39.5 Å². The highest BCUT2D eigenvalue weighted by atomic mass is 31.2. The SMILES string of the molecule is CCCCCCCCCCCCCCCCCCCCC(=O)O[C@H](COC(=O)CCCCCCCCCCCCCCCC(C)C)COP(=O)(O)OC[C@@H](O)COP(=O)(O)OC[C@@H](COC(=O)CCCCCCCCCC)OC(=O)CCCCCCCCCCCCC. The van der Waals surface area contributed by atoms with Gasteiger partial charge in [-0.2, -0.15) is 0 Å². The number of aliphatic hydroxyl groups is 1. The van der Waals surface area contributed by atoms with Crippen LogP contribution in [-0.2, 0) is 65.4 Å². The molecule has 552 valence electrons. The molecule has 0 bridgehead atoms. The molecule has 0 heterocycles. The molecule has 0 spiro atoms. The maximum atomic E-state index is 13.1. The number of aliphatic hydroxyl groups excluding tert-OH is 1. The fourth-order valence-electron chi connectivity index (χ4n) is 11.4. The molecule has 0 fully saturated rings. The Hall–Kier alpha value is -1.94. The normalized spacial score (nSPS) is 14.0. The van der Waals surface area contributed by atoms with E-state index in [1.54, 1.807) is 0 Å². The number of carbonyl (C=O) groups is 4. The number of hydrogen-bond acceptors (Lipinski definition) is 15. The predicted octanol–water partition coefficient (Wildman–Crippen LogP) is 21.7. The third-order valence-corrected chi connectivity index (χ3v) is 19.2. The first-order chi connectivity index (χ1) is 45.0. The first kappa shape index (κ1) is 91.1. The summed E-state index contributed by atoms with van der Waals surface area (Å²) in [6.07, 6.45) is 55.5. The molecule has 0 aliphatic heterocycles. The van der Waals surface area contributed by atoms with Crippen molar-refractivity contribution in [3.8, 4) is 0 Å². The van der Waals surface area contributed by atoms with Crippen LogP contribution in [0.4, 0.5) is 0 Å². The number of unbranched alkanes of at least 4 members (excludes halogenated alkanes) is 46. The second kappa shape index (κ2) is 67.3. The van der Waals surface area contributed by atoms with E-state index < -0.39 is 97.5 Å². The van der Waals surface area contributed by atoms with Gasteiger partial charge in [-0.05, 0) is 31.6 Å². The average molecular weight is 1370 g/mol. The first-order valence-corrected chi connectivity index (χ1v) is 41.6. The smallest absolute Gasteiger partial charge is 0.462 e. The lowest BCUT2D eigenvalue weighted by molar-refractivity contribution is -0.161. The number of carbonyl (C=O) groups excluding carboxylic acids is 4. The van der Waals surface area contributed by atoms with Crippen LogP contribution in [0.5, 0.6) is 0 Å². The number of esters is 4. The highest BCUT2D eigenvalue weighted by Gasteiger charge is 2.30. The van der Waals surface area contributed by atoms with Gasteiger partial charge in [-0.15, -0.1) is 0 Å². The summed E-state index contributed by atoms with van der Waals surface area (Å²) in [6.45, 7) is 7.27. The Bertz CT molecular complexity index is 1790. The highest BCUT2D eigenvalue weighted by molar-refractivity contribution is 7.47. The van der Waals surface area contributed by atoms with Crippen molar-refractivity contribution in [1.82, 2.24) is 0 Å². The summed E-state index contributed by atoms with van der Waals surface area (Å²) in [5, 5.41) is 10.6. The second-order valence-corrected chi connectivity index (χ2v) is 30.1. The molecule has 93 heavy (non-hydrogen) atoms. The van der Waals surface area contributed by atoms with E-state index in [1.165, 1.54) is 205 Å². The van der Waals surface area contributed by atoms with Crippen LogP contribution < -0.4 is 0 Å². The molecule has 0 radical (unpaired) electrons. The van der Waals surface area contributed by atoms with Crippen molar-refractivity contribution >= 4 is 39.5 Å². The Kier molecular flexibility index (Phi) is 65.9. The number of phosphoric acid groups is 2. The summed E-state index contributed by atoms with van der Waals surface area (Å²) in [5.74, 6) is -1.33. The molecule has 0 aromatic carbocycles. The predicted molar refractivity (Wildman–Crippen MR) is 377 cm³/mol. The summed E-state index contributed by atoms with van der Waals surface area (Å²) in [5.41, 5.74) is 0. The monoisotopic (exact) mass is 1370 g/mol. The van der Waals surface area contributed by atoms with Gasteiger partial charge < -0.3 is 33.8 Å². The van der Waals surface area contributed by atoms with Crippen molar-refractivity contribution in [1.29, 1.82) is 0 Å². The molecule has 0 aliphatic carbocycles. The molecule has 0 aromatic heterocycles. The molecule has 17 nitrogen and oxygen atoms in total. The zero-order chi connectivity index (χ0) is 68.4. The Morgan fingerprint density at radius 2 is 0.495 bits per heavy atom. The number of phosphoric ester groups is 2. The highest BCUT2D eigenvalue weighted by Crippen LogP contribution is 2.45. The van der Waals surface area contributed by atoms with Crippen LogP contribution in [0.25, 0.3) is 0 Å². The van der Waals surface area contributed by atoms with Gasteiger partial charge in [-0.25, -0.2) is 9.13 Å². The lowest BCUT2D eigenvalue weighted by Crippen LogP contribution is -2.30. The molecule has 0 amide bonds. The molecule has 19 heteroatoms. The average Bonchev–Trinajstić information content (AvgIpc) is 2.04. The van der Waals surface area contributed by atoms with Crippen LogP contribution in [0.15, 0.2) is 0 Å². The maximum absolute atomic E-state index is 13.1. The van der Waals surface area contributed by atoms with Crippen molar-refractivity contribution in [2.24, 2.45) is 5.92 Å². The first-order valence-electron chi connectivity index (χ1n) is 38.6. The fraction of sp³-hybridized carbons (Fsp3) is 0.946. The van der Waals surface area contributed by atoms with Crippen molar-refractivity contribution < 1.29 is 80.2 Å². The van der Waals surface area contributed by atoms with Crippen LogP contribution in [0.1, 0.15) is 388 Å². The van der Waals surface area contributed by atoms with Gasteiger partial charge in [0, 0.05) is 25.7 Å². The van der Waals surface area contributed by atoms with Crippen LogP contribution in [-0.4, -0.2) is 96.7 Å². The standard InChI is InChI=1S/C74H144O17P2/c1-6-9-12-15-18-21-23-24-25-26-27-28-31-36-40-45-50-55-60-74(79)91-70(64-85-72(77)58-53-48-43-38-35-32-29-30-34-37-41-46-51-56-67(4)5)66-89-93(82,83)87-62-68(75)61-86-92(80,81)88-65-69(63-84-71(76)57-52-47-42-20-17-14-11-8-3)90-73(78)59-54-49-44-39-33-22-19-16-13-10-7-2/h67-70,75H,6-66H2,1-5H3,(H,80,81)(H,82,83)/t68-,69+,70+/m0/s1. The number of hydrogen-bond donors (Lipinski definition) is 3. The van der Waals surface area contributed by atoms with Crippen molar-refractivity contribution in [2.75, 3.05) is 39.6 Å². The largest absolute Gasteiger partial charge is 0.472 e. The zero-order valence-electron chi connectivity index (χ0n) is 60.4. The summed E-state index contributed by atoms with van der Waals surface area (Å²) < 4.78 is 68.4. The minimum atomic E-state index is -4.95. The summed E-state index contributed by atoms with van der Waals surface area (Å²) in [6, 6.07) is 0. The number of ether oxygens (including phenoxy) is 4. The zero-order valence-corrected chi connectivity index (χ0v) is 62.2.